The fourth-order valence-corrected chi connectivity index (χ4v) is 4.06. The number of nitrogens with one attached hydrogen (secondary N) is 2. The topological polar surface area (TPSA) is 105 Å². The lowest BCUT2D eigenvalue weighted by molar-refractivity contribution is 0.0977. The van der Waals surface area contributed by atoms with Crippen molar-refractivity contribution in [3.63, 3.8) is 0 Å². The lowest BCUT2D eigenvalue weighted by Crippen LogP contribution is -2.29. The molecule has 7 nitrogen and oxygen atoms in total. The molecule has 0 radical (unpaired) electrons. The van der Waals surface area contributed by atoms with Gasteiger partial charge in [-0.3, -0.25) is 4.79 Å². The second-order valence-electron chi connectivity index (χ2n) is 9.20. The minimum absolute atomic E-state index is 0.171. The molecule has 0 fully saturated rings. The first kappa shape index (κ1) is 27.4. The Morgan fingerprint density at radius 2 is 1.64 bits per heavy atom. The molecule has 0 heterocycles. The molecule has 3 aromatic rings. The highest BCUT2D eigenvalue weighted by molar-refractivity contribution is 7.89. The van der Waals surface area contributed by atoms with Crippen LogP contribution in [-0.4, -0.2) is 45.4 Å². The maximum absolute atomic E-state index is 12.5. The van der Waals surface area contributed by atoms with Crippen LogP contribution in [0.25, 0.3) is 11.1 Å². The van der Waals surface area contributed by atoms with Crippen molar-refractivity contribution in [1.29, 1.82) is 0 Å². The third-order valence-electron chi connectivity index (χ3n) is 5.48. The summed E-state index contributed by atoms with van der Waals surface area (Å²) in [6.07, 6.45) is 1.22. The average Bonchev–Trinajstić information content (AvgIpc) is 2.85. The zero-order valence-electron chi connectivity index (χ0n) is 20.9. The number of amides is 1. The van der Waals surface area contributed by atoms with Gasteiger partial charge in [0.05, 0.1) is 24.5 Å². The molecule has 8 heteroatoms. The van der Waals surface area contributed by atoms with Gasteiger partial charge in [0.15, 0.2) is 0 Å². The van der Waals surface area contributed by atoms with Crippen LogP contribution in [0.1, 0.15) is 41.4 Å². The highest BCUT2D eigenvalue weighted by Gasteiger charge is 2.18. The quantitative estimate of drug-likeness (QED) is 0.319. The number of carbonyl (C=O) groups excluding carboxylic acids is 1. The number of aliphatic hydroxyl groups is 1. The molecular formula is C28H34N2O5S. The molecule has 0 unspecified atom stereocenters. The predicted molar refractivity (Wildman–Crippen MR) is 142 cm³/mol. The Labute approximate surface area is 213 Å². The summed E-state index contributed by atoms with van der Waals surface area (Å²) in [4.78, 5) is 12.5. The maximum atomic E-state index is 12.5. The molecule has 0 bridgehead atoms. The van der Waals surface area contributed by atoms with Crippen molar-refractivity contribution in [2.75, 3.05) is 26.0 Å². The first-order valence-corrected chi connectivity index (χ1v) is 13.8. The van der Waals surface area contributed by atoms with E-state index in [1.54, 1.807) is 18.2 Å². The summed E-state index contributed by atoms with van der Waals surface area (Å²) in [6, 6.07) is 22.8. The van der Waals surface area contributed by atoms with Gasteiger partial charge in [0.1, 0.15) is 5.75 Å². The van der Waals surface area contributed by atoms with Gasteiger partial charge in [-0.15, -0.1) is 0 Å². The third-order valence-corrected chi connectivity index (χ3v) is 6.03. The zero-order valence-corrected chi connectivity index (χ0v) is 21.7. The number of rotatable bonds is 12. The van der Waals surface area contributed by atoms with Crippen molar-refractivity contribution in [2.45, 2.75) is 26.4 Å². The fourth-order valence-electron chi connectivity index (χ4n) is 3.62. The number of carbonyl (C=O) groups is 1. The second-order valence-corrected chi connectivity index (χ2v) is 10.9. The van der Waals surface area contributed by atoms with E-state index in [-0.39, 0.29) is 11.5 Å². The second kappa shape index (κ2) is 12.7. The zero-order chi connectivity index (χ0) is 26.1. The summed E-state index contributed by atoms with van der Waals surface area (Å²) in [5.41, 5.74) is 4.04. The lowest BCUT2D eigenvalue weighted by atomic mass is 10.0. The Bertz CT molecular complexity index is 1240. The number of sulfonamides is 1. The van der Waals surface area contributed by atoms with Crippen LogP contribution in [-0.2, 0) is 16.4 Å². The van der Waals surface area contributed by atoms with Gasteiger partial charge in [0.2, 0.25) is 10.0 Å². The van der Waals surface area contributed by atoms with Crippen molar-refractivity contribution in [2.24, 2.45) is 5.92 Å². The molecule has 1 amide bonds. The summed E-state index contributed by atoms with van der Waals surface area (Å²) >= 11 is 0. The van der Waals surface area contributed by atoms with E-state index in [0.29, 0.717) is 18.9 Å². The third kappa shape index (κ3) is 8.48. The molecule has 0 aromatic heterocycles. The number of benzene rings is 3. The van der Waals surface area contributed by atoms with Crippen molar-refractivity contribution in [3.8, 4) is 16.9 Å². The molecule has 192 valence electrons. The van der Waals surface area contributed by atoms with E-state index < -0.39 is 22.0 Å². The number of hydrogen-bond acceptors (Lipinski definition) is 6. The van der Waals surface area contributed by atoms with E-state index in [0.717, 1.165) is 41.5 Å². The van der Waals surface area contributed by atoms with Crippen LogP contribution in [0.5, 0.6) is 5.75 Å². The van der Waals surface area contributed by atoms with Crippen LogP contribution in [0.15, 0.2) is 72.8 Å². The van der Waals surface area contributed by atoms with Gasteiger partial charge in [-0.2, -0.15) is 0 Å². The number of aliphatic hydroxyl groups excluding tert-OH is 1. The van der Waals surface area contributed by atoms with Crippen LogP contribution in [0.2, 0.25) is 0 Å². The van der Waals surface area contributed by atoms with Crippen molar-refractivity contribution in [1.82, 2.24) is 10.0 Å². The van der Waals surface area contributed by atoms with E-state index in [9.17, 15) is 18.3 Å². The summed E-state index contributed by atoms with van der Waals surface area (Å²) in [6.45, 7) is 5.61. The standard InChI is InChI=1S/C28H34N2O5S/c1-20(2)19-35-27-17-24(13-14-25(27)28(32)30-36(3,33)34)22-11-9-21(10-12-22)15-16-29-18-26(31)23-7-5-4-6-8-23/h4-14,17,20,26,29,31H,15-16,18-19H2,1-3H3,(H,30,32)/t26-/m1/s1. The molecule has 1 atom stereocenters. The Hall–Kier alpha value is -3.20. The van der Waals surface area contributed by atoms with Gasteiger partial charge in [0.25, 0.3) is 5.91 Å². The normalized spacial score (nSPS) is 12.4. The van der Waals surface area contributed by atoms with Gasteiger partial charge in [-0.25, -0.2) is 13.1 Å². The van der Waals surface area contributed by atoms with Gasteiger partial charge < -0.3 is 15.2 Å². The first-order valence-electron chi connectivity index (χ1n) is 11.9. The minimum Gasteiger partial charge on any atom is -0.492 e. The van der Waals surface area contributed by atoms with Gasteiger partial charge >= 0.3 is 0 Å². The van der Waals surface area contributed by atoms with Crippen molar-refractivity contribution in [3.05, 3.63) is 89.5 Å². The van der Waals surface area contributed by atoms with Crippen LogP contribution in [0.4, 0.5) is 0 Å². The number of ether oxygens (including phenoxy) is 1. The number of hydrogen-bond donors (Lipinski definition) is 3. The monoisotopic (exact) mass is 510 g/mol. The van der Waals surface area contributed by atoms with Gasteiger partial charge in [0, 0.05) is 6.54 Å². The molecule has 36 heavy (non-hydrogen) atoms. The first-order chi connectivity index (χ1) is 17.1. The molecular weight excluding hydrogens is 476 g/mol. The Balaban J connectivity index is 1.64. The molecule has 0 spiro atoms. The molecule has 3 N–H and O–H groups in total. The van der Waals surface area contributed by atoms with Crippen molar-refractivity contribution >= 4 is 15.9 Å². The van der Waals surface area contributed by atoms with Crippen molar-refractivity contribution < 1.29 is 23.1 Å². The Morgan fingerprint density at radius 1 is 0.972 bits per heavy atom. The van der Waals surface area contributed by atoms with E-state index in [1.165, 1.54) is 0 Å². The predicted octanol–water partition coefficient (Wildman–Crippen LogP) is 3.94. The fraction of sp³-hybridized carbons (Fsp3) is 0.321. The minimum atomic E-state index is -3.69. The summed E-state index contributed by atoms with van der Waals surface area (Å²) in [5.74, 6) is -0.142. The Morgan fingerprint density at radius 3 is 2.28 bits per heavy atom. The summed E-state index contributed by atoms with van der Waals surface area (Å²) in [5, 5.41) is 13.5. The summed E-state index contributed by atoms with van der Waals surface area (Å²) < 4.78 is 30.9. The van der Waals surface area contributed by atoms with Gasteiger partial charge in [-0.05, 0) is 53.3 Å². The molecule has 0 aliphatic heterocycles. The van der Waals surface area contributed by atoms with Crippen LogP contribution < -0.4 is 14.8 Å². The van der Waals surface area contributed by atoms with E-state index in [2.05, 4.69) is 5.32 Å². The molecule has 3 rings (SSSR count). The lowest BCUT2D eigenvalue weighted by Gasteiger charge is -2.15. The Kier molecular flexibility index (Phi) is 9.64. The van der Waals surface area contributed by atoms with Crippen LogP contribution >= 0.6 is 0 Å². The largest absolute Gasteiger partial charge is 0.492 e. The average molecular weight is 511 g/mol. The van der Waals surface area contributed by atoms with Gasteiger partial charge in [-0.1, -0.05) is 74.5 Å². The molecule has 3 aromatic carbocycles. The summed E-state index contributed by atoms with van der Waals surface area (Å²) in [7, 11) is -3.69. The molecule has 0 saturated carbocycles. The SMILES string of the molecule is CC(C)COc1cc(-c2ccc(CCNC[C@@H](O)c3ccccc3)cc2)ccc1C(=O)NS(C)(=O)=O. The van der Waals surface area contributed by atoms with Crippen LogP contribution in [0, 0.1) is 5.92 Å². The molecule has 0 aliphatic rings. The van der Waals surface area contributed by atoms with E-state index in [1.807, 2.05) is 73.2 Å². The molecule has 0 saturated heterocycles. The highest BCUT2D eigenvalue weighted by atomic mass is 32.2. The van der Waals surface area contributed by atoms with E-state index in [4.69, 9.17) is 4.74 Å². The van der Waals surface area contributed by atoms with E-state index >= 15 is 0 Å². The van der Waals surface area contributed by atoms with Crippen LogP contribution in [0.3, 0.4) is 0 Å². The molecule has 0 aliphatic carbocycles. The maximum Gasteiger partial charge on any atom is 0.268 e. The highest BCUT2D eigenvalue weighted by Crippen LogP contribution is 2.28. The smallest absolute Gasteiger partial charge is 0.268 e.